The maximum atomic E-state index is 13.0. The van der Waals surface area contributed by atoms with Crippen LogP contribution < -0.4 is 14.2 Å². The molecule has 156 valence electrons. The fraction of sp³-hybridized carbons (Fsp3) is 0.174. The minimum atomic E-state index is -2.95. The number of carbonyl (C=O) groups excluding carboxylic acids is 1. The molecule has 0 bridgehead atoms. The second kappa shape index (κ2) is 9.73. The largest absolute Gasteiger partial charge is 0.493 e. The zero-order chi connectivity index (χ0) is 21.5. The fourth-order valence-electron chi connectivity index (χ4n) is 2.90. The van der Waals surface area contributed by atoms with Gasteiger partial charge in [-0.2, -0.15) is 8.78 Å². The minimum absolute atomic E-state index is 0.0631. The summed E-state index contributed by atoms with van der Waals surface area (Å²) >= 11 is 0. The van der Waals surface area contributed by atoms with Gasteiger partial charge < -0.3 is 19.1 Å². The molecule has 0 unspecified atom stereocenters. The monoisotopic (exact) mass is 413 g/mol. The zero-order valence-corrected chi connectivity index (χ0v) is 16.5. The molecule has 3 aromatic carbocycles. The Morgan fingerprint density at radius 2 is 1.63 bits per heavy atom. The van der Waals surface area contributed by atoms with Crippen molar-refractivity contribution >= 4 is 5.91 Å². The van der Waals surface area contributed by atoms with E-state index >= 15 is 0 Å². The van der Waals surface area contributed by atoms with Gasteiger partial charge in [0, 0.05) is 13.6 Å². The Labute approximate surface area is 173 Å². The van der Waals surface area contributed by atoms with Crippen molar-refractivity contribution < 1.29 is 27.8 Å². The first-order chi connectivity index (χ1) is 14.5. The van der Waals surface area contributed by atoms with Crippen LogP contribution in [0.3, 0.4) is 0 Å². The summed E-state index contributed by atoms with van der Waals surface area (Å²) in [6.45, 7) is -2.71. The number of benzene rings is 3. The van der Waals surface area contributed by atoms with E-state index in [0.717, 1.165) is 0 Å². The Morgan fingerprint density at radius 3 is 2.33 bits per heavy atom. The summed E-state index contributed by atoms with van der Waals surface area (Å²) < 4.78 is 40.4. The van der Waals surface area contributed by atoms with Gasteiger partial charge in [0.05, 0.1) is 12.7 Å². The number of hydrogen-bond donors (Lipinski definition) is 0. The van der Waals surface area contributed by atoms with Gasteiger partial charge in [0.1, 0.15) is 11.5 Å². The topological polar surface area (TPSA) is 48.0 Å². The molecule has 0 spiro atoms. The second-order valence-electron chi connectivity index (χ2n) is 6.44. The number of methoxy groups -OCH3 is 1. The van der Waals surface area contributed by atoms with Crippen molar-refractivity contribution in [3.8, 4) is 23.0 Å². The number of halogens is 2. The molecule has 0 aliphatic heterocycles. The lowest BCUT2D eigenvalue weighted by Crippen LogP contribution is -2.26. The number of alkyl halides is 2. The van der Waals surface area contributed by atoms with Crippen molar-refractivity contribution in [2.45, 2.75) is 13.2 Å². The van der Waals surface area contributed by atoms with Gasteiger partial charge in [-0.15, -0.1) is 0 Å². The fourth-order valence-corrected chi connectivity index (χ4v) is 2.90. The van der Waals surface area contributed by atoms with Gasteiger partial charge in [0.25, 0.3) is 5.91 Å². The van der Waals surface area contributed by atoms with Gasteiger partial charge in [-0.05, 0) is 42.0 Å². The van der Waals surface area contributed by atoms with Crippen molar-refractivity contribution in [3.63, 3.8) is 0 Å². The SMILES string of the molecule is COc1cc(CN(C)C(=O)c2ccccc2Oc2ccccc2)ccc1OC(F)F. The molecule has 0 fully saturated rings. The molecule has 0 heterocycles. The van der Waals surface area contributed by atoms with Crippen LogP contribution in [0.5, 0.6) is 23.0 Å². The molecule has 7 heteroatoms. The van der Waals surface area contributed by atoms with Gasteiger partial charge in [-0.25, -0.2) is 0 Å². The molecule has 3 aromatic rings. The Bertz CT molecular complexity index is 996. The Balaban J connectivity index is 1.77. The number of nitrogens with zero attached hydrogens (tertiary/aromatic N) is 1. The lowest BCUT2D eigenvalue weighted by atomic mass is 10.1. The number of hydrogen-bond acceptors (Lipinski definition) is 4. The molecule has 0 aliphatic rings. The third-order valence-corrected chi connectivity index (χ3v) is 4.30. The first kappa shape index (κ1) is 21.1. The van der Waals surface area contributed by atoms with E-state index in [1.54, 1.807) is 55.6 Å². The predicted octanol–water partition coefficient (Wildman–Crippen LogP) is 5.36. The van der Waals surface area contributed by atoms with E-state index in [0.29, 0.717) is 22.6 Å². The van der Waals surface area contributed by atoms with Crippen LogP contribution in [0.1, 0.15) is 15.9 Å². The lowest BCUT2D eigenvalue weighted by molar-refractivity contribution is -0.0512. The molecule has 0 saturated carbocycles. The summed E-state index contributed by atoms with van der Waals surface area (Å²) in [7, 11) is 3.02. The number of para-hydroxylation sites is 2. The van der Waals surface area contributed by atoms with Gasteiger partial charge in [0.2, 0.25) is 0 Å². The maximum absolute atomic E-state index is 13.0. The van der Waals surface area contributed by atoms with E-state index in [4.69, 9.17) is 9.47 Å². The van der Waals surface area contributed by atoms with Crippen LogP contribution in [0.4, 0.5) is 8.78 Å². The molecule has 0 aromatic heterocycles. The molecule has 1 amide bonds. The summed E-state index contributed by atoms with van der Waals surface area (Å²) in [4.78, 5) is 14.5. The van der Waals surface area contributed by atoms with Crippen LogP contribution >= 0.6 is 0 Å². The molecule has 0 radical (unpaired) electrons. The molecular weight excluding hydrogens is 392 g/mol. The summed E-state index contributed by atoms with van der Waals surface area (Å²) in [6.07, 6.45) is 0. The number of ether oxygens (including phenoxy) is 3. The van der Waals surface area contributed by atoms with Crippen molar-refractivity contribution in [1.29, 1.82) is 0 Å². The van der Waals surface area contributed by atoms with Crippen LogP contribution in [-0.2, 0) is 6.54 Å². The average Bonchev–Trinajstić information content (AvgIpc) is 2.75. The smallest absolute Gasteiger partial charge is 0.387 e. The second-order valence-corrected chi connectivity index (χ2v) is 6.44. The number of amides is 1. The first-order valence-electron chi connectivity index (χ1n) is 9.17. The molecular formula is C23H21F2NO4. The third-order valence-electron chi connectivity index (χ3n) is 4.30. The molecule has 0 aliphatic carbocycles. The summed E-state index contributed by atoms with van der Waals surface area (Å²) in [5.74, 6) is 0.931. The van der Waals surface area contributed by atoms with E-state index in [1.165, 1.54) is 18.1 Å². The maximum Gasteiger partial charge on any atom is 0.387 e. The van der Waals surface area contributed by atoms with Gasteiger partial charge >= 0.3 is 6.61 Å². The minimum Gasteiger partial charge on any atom is -0.493 e. The molecule has 0 N–H and O–H groups in total. The molecule has 5 nitrogen and oxygen atoms in total. The van der Waals surface area contributed by atoms with E-state index in [-0.39, 0.29) is 24.0 Å². The van der Waals surface area contributed by atoms with Gasteiger partial charge in [0.15, 0.2) is 11.5 Å². The van der Waals surface area contributed by atoms with Gasteiger partial charge in [-0.3, -0.25) is 4.79 Å². The first-order valence-corrected chi connectivity index (χ1v) is 9.17. The Morgan fingerprint density at radius 1 is 0.933 bits per heavy atom. The quantitative estimate of drug-likeness (QED) is 0.499. The zero-order valence-electron chi connectivity index (χ0n) is 16.5. The van der Waals surface area contributed by atoms with Crippen molar-refractivity contribution in [2.75, 3.05) is 14.2 Å². The van der Waals surface area contributed by atoms with Gasteiger partial charge in [-0.1, -0.05) is 36.4 Å². The Kier molecular flexibility index (Phi) is 6.85. The lowest BCUT2D eigenvalue weighted by Gasteiger charge is -2.20. The highest BCUT2D eigenvalue weighted by atomic mass is 19.3. The van der Waals surface area contributed by atoms with Crippen LogP contribution in [0.2, 0.25) is 0 Å². The van der Waals surface area contributed by atoms with E-state index in [2.05, 4.69) is 4.74 Å². The number of rotatable bonds is 8. The highest BCUT2D eigenvalue weighted by molar-refractivity contribution is 5.96. The molecule has 30 heavy (non-hydrogen) atoms. The van der Waals surface area contributed by atoms with E-state index in [1.807, 2.05) is 18.2 Å². The highest BCUT2D eigenvalue weighted by Crippen LogP contribution is 2.30. The molecule has 0 saturated heterocycles. The van der Waals surface area contributed by atoms with Crippen molar-refractivity contribution in [3.05, 3.63) is 83.9 Å². The van der Waals surface area contributed by atoms with E-state index in [9.17, 15) is 13.6 Å². The van der Waals surface area contributed by atoms with Crippen LogP contribution in [0.15, 0.2) is 72.8 Å². The molecule has 3 rings (SSSR count). The van der Waals surface area contributed by atoms with Crippen molar-refractivity contribution in [1.82, 2.24) is 4.90 Å². The number of carbonyl (C=O) groups is 1. The third kappa shape index (κ3) is 5.26. The summed E-state index contributed by atoms with van der Waals surface area (Å²) in [6, 6.07) is 20.7. The van der Waals surface area contributed by atoms with Crippen LogP contribution in [-0.4, -0.2) is 31.6 Å². The average molecular weight is 413 g/mol. The normalized spacial score (nSPS) is 10.6. The molecule has 0 atom stereocenters. The highest BCUT2D eigenvalue weighted by Gasteiger charge is 2.18. The van der Waals surface area contributed by atoms with Crippen molar-refractivity contribution in [2.24, 2.45) is 0 Å². The Hall–Kier alpha value is -3.61. The predicted molar refractivity (Wildman–Crippen MR) is 108 cm³/mol. The standard InChI is InChI=1S/C23H21F2NO4/c1-26(15-16-12-13-20(30-23(24)25)21(14-16)28-2)22(27)18-10-6-7-11-19(18)29-17-8-4-3-5-9-17/h3-14,23H,15H2,1-2H3. The summed E-state index contributed by atoms with van der Waals surface area (Å²) in [5, 5.41) is 0. The van der Waals surface area contributed by atoms with E-state index < -0.39 is 6.61 Å². The van der Waals surface area contributed by atoms with Crippen LogP contribution in [0.25, 0.3) is 0 Å². The van der Waals surface area contributed by atoms with Crippen LogP contribution in [0, 0.1) is 0 Å². The summed E-state index contributed by atoms with van der Waals surface area (Å²) in [5.41, 5.74) is 1.11.